The number of ether oxygens (including phenoxy) is 1. The van der Waals surface area contributed by atoms with Crippen molar-refractivity contribution in [2.75, 3.05) is 6.61 Å². The monoisotopic (exact) mass is 269 g/mol. The van der Waals surface area contributed by atoms with Crippen LogP contribution in [-0.4, -0.2) is 17.9 Å². The molecule has 0 saturated heterocycles. The Bertz CT molecular complexity index is 437. The van der Waals surface area contributed by atoms with E-state index in [1.54, 1.807) is 6.07 Å². The van der Waals surface area contributed by atoms with E-state index in [0.717, 1.165) is 17.5 Å². The molecule has 0 spiro atoms. The van der Waals surface area contributed by atoms with Crippen molar-refractivity contribution in [1.29, 1.82) is 0 Å². The first-order chi connectivity index (χ1) is 8.63. The summed E-state index contributed by atoms with van der Waals surface area (Å²) in [6, 6.07) is 4.42. The van der Waals surface area contributed by atoms with E-state index in [1.807, 2.05) is 6.92 Å². The van der Waals surface area contributed by atoms with Crippen molar-refractivity contribution in [2.45, 2.75) is 20.0 Å². The highest BCUT2D eigenvalue weighted by Gasteiger charge is 2.02. The molecule has 0 aromatic heterocycles. The number of halogens is 1. The van der Waals surface area contributed by atoms with Gasteiger partial charge in [0.2, 0.25) is 0 Å². The SMILES string of the molecule is CCCOCc1cc(F)ccc1C=NNC(N)=S. The minimum Gasteiger partial charge on any atom is -0.377 e. The summed E-state index contributed by atoms with van der Waals surface area (Å²) in [5.74, 6) is -0.301. The molecule has 0 amide bonds. The van der Waals surface area contributed by atoms with Crippen LogP contribution in [0.4, 0.5) is 4.39 Å². The number of nitrogens with zero attached hydrogens (tertiary/aromatic N) is 1. The number of thiocarbonyl (C=S) groups is 1. The van der Waals surface area contributed by atoms with Gasteiger partial charge < -0.3 is 10.5 Å². The van der Waals surface area contributed by atoms with Gasteiger partial charge in [-0.25, -0.2) is 4.39 Å². The highest BCUT2D eigenvalue weighted by molar-refractivity contribution is 7.80. The van der Waals surface area contributed by atoms with E-state index in [4.69, 9.17) is 10.5 Å². The first-order valence-corrected chi connectivity index (χ1v) is 5.99. The predicted molar refractivity (Wildman–Crippen MR) is 73.9 cm³/mol. The zero-order chi connectivity index (χ0) is 13.4. The minimum atomic E-state index is -0.301. The summed E-state index contributed by atoms with van der Waals surface area (Å²) in [5, 5.41) is 3.92. The first kappa shape index (κ1) is 14.5. The summed E-state index contributed by atoms with van der Waals surface area (Å²) in [5.41, 5.74) is 9.18. The molecular weight excluding hydrogens is 253 g/mol. The second-order valence-corrected chi connectivity index (χ2v) is 4.07. The summed E-state index contributed by atoms with van der Waals surface area (Å²) in [7, 11) is 0. The molecule has 6 heteroatoms. The van der Waals surface area contributed by atoms with E-state index < -0.39 is 0 Å². The van der Waals surface area contributed by atoms with E-state index >= 15 is 0 Å². The van der Waals surface area contributed by atoms with Crippen LogP contribution < -0.4 is 11.2 Å². The van der Waals surface area contributed by atoms with Gasteiger partial charge >= 0.3 is 0 Å². The third-order valence-electron chi connectivity index (χ3n) is 2.09. The molecule has 0 aliphatic carbocycles. The molecule has 0 bridgehead atoms. The quantitative estimate of drug-likeness (QED) is 0.358. The van der Waals surface area contributed by atoms with Gasteiger partial charge in [-0.3, -0.25) is 5.43 Å². The maximum atomic E-state index is 13.2. The first-order valence-electron chi connectivity index (χ1n) is 5.58. The zero-order valence-corrected chi connectivity index (χ0v) is 11.0. The number of hydrogen-bond donors (Lipinski definition) is 2. The summed E-state index contributed by atoms with van der Waals surface area (Å²) >= 11 is 4.62. The van der Waals surface area contributed by atoms with Crippen molar-refractivity contribution < 1.29 is 9.13 Å². The standard InChI is InChI=1S/C12H16FN3OS/c1-2-5-17-8-10-6-11(13)4-3-9(10)7-15-16-12(14)18/h3-4,6-7H,2,5,8H2,1H3,(H3,14,16,18). The van der Waals surface area contributed by atoms with Gasteiger partial charge in [0.05, 0.1) is 12.8 Å². The third kappa shape index (κ3) is 5.20. The van der Waals surface area contributed by atoms with Crippen molar-refractivity contribution in [2.24, 2.45) is 10.8 Å². The highest BCUT2D eigenvalue weighted by Crippen LogP contribution is 2.11. The molecule has 1 aromatic carbocycles. The molecule has 0 radical (unpaired) electrons. The normalized spacial score (nSPS) is 10.8. The number of nitrogens with two attached hydrogens (primary N) is 1. The molecule has 0 atom stereocenters. The second kappa shape index (κ2) is 7.73. The molecule has 0 unspecified atom stereocenters. The van der Waals surface area contributed by atoms with Gasteiger partial charge in [-0.05, 0) is 36.3 Å². The zero-order valence-electron chi connectivity index (χ0n) is 10.1. The average molecular weight is 269 g/mol. The lowest BCUT2D eigenvalue weighted by molar-refractivity contribution is 0.121. The Hall–Kier alpha value is -1.53. The lowest BCUT2D eigenvalue weighted by atomic mass is 10.1. The molecule has 0 fully saturated rings. The van der Waals surface area contributed by atoms with E-state index in [9.17, 15) is 4.39 Å². The number of hydrazone groups is 1. The molecule has 1 rings (SSSR count). The van der Waals surface area contributed by atoms with Gasteiger partial charge in [0.1, 0.15) is 5.82 Å². The van der Waals surface area contributed by atoms with Gasteiger partial charge in [-0.1, -0.05) is 13.0 Å². The van der Waals surface area contributed by atoms with Crippen molar-refractivity contribution in [3.63, 3.8) is 0 Å². The Labute approximate surface area is 111 Å². The van der Waals surface area contributed by atoms with Crippen LogP contribution in [-0.2, 0) is 11.3 Å². The summed E-state index contributed by atoms with van der Waals surface area (Å²) in [4.78, 5) is 0. The van der Waals surface area contributed by atoms with Crippen LogP contribution in [0.5, 0.6) is 0 Å². The fourth-order valence-corrected chi connectivity index (χ4v) is 1.37. The van der Waals surface area contributed by atoms with Crippen LogP contribution in [0.25, 0.3) is 0 Å². The molecule has 98 valence electrons. The van der Waals surface area contributed by atoms with Gasteiger partial charge in [0.15, 0.2) is 5.11 Å². The molecule has 0 saturated carbocycles. The summed E-state index contributed by atoms with van der Waals surface area (Å²) in [6.07, 6.45) is 2.45. The fourth-order valence-electron chi connectivity index (χ4n) is 1.32. The molecule has 4 nitrogen and oxygen atoms in total. The maximum Gasteiger partial charge on any atom is 0.184 e. The predicted octanol–water partition coefficient (Wildman–Crippen LogP) is 1.92. The molecule has 0 aliphatic rings. The van der Waals surface area contributed by atoms with Crippen LogP contribution in [0.2, 0.25) is 0 Å². The van der Waals surface area contributed by atoms with Crippen LogP contribution in [0, 0.1) is 5.82 Å². The van der Waals surface area contributed by atoms with Crippen LogP contribution >= 0.6 is 12.2 Å². The van der Waals surface area contributed by atoms with Crippen molar-refractivity contribution in [1.82, 2.24) is 5.43 Å². The lowest BCUT2D eigenvalue weighted by Crippen LogP contribution is -2.24. The average Bonchev–Trinajstić information content (AvgIpc) is 2.32. The molecule has 0 aliphatic heterocycles. The number of nitrogens with one attached hydrogen (secondary N) is 1. The smallest absolute Gasteiger partial charge is 0.184 e. The lowest BCUT2D eigenvalue weighted by Gasteiger charge is -2.06. The van der Waals surface area contributed by atoms with Gasteiger partial charge in [0, 0.05) is 12.2 Å². The Kier molecular flexibility index (Phi) is 6.24. The molecular formula is C12H16FN3OS. The van der Waals surface area contributed by atoms with E-state index in [-0.39, 0.29) is 10.9 Å². The second-order valence-electron chi connectivity index (χ2n) is 3.63. The summed E-state index contributed by atoms with van der Waals surface area (Å²) in [6.45, 7) is 3.00. The van der Waals surface area contributed by atoms with Gasteiger partial charge in [-0.2, -0.15) is 5.10 Å². The highest BCUT2D eigenvalue weighted by atomic mass is 32.1. The fraction of sp³-hybridized carbons (Fsp3) is 0.333. The minimum absolute atomic E-state index is 0.0807. The van der Waals surface area contributed by atoms with Crippen LogP contribution in [0.15, 0.2) is 23.3 Å². The number of benzene rings is 1. The third-order valence-corrected chi connectivity index (χ3v) is 2.18. The topological polar surface area (TPSA) is 59.6 Å². The van der Waals surface area contributed by atoms with Crippen molar-refractivity contribution >= 4 is 23.5 Å². The molecule has 3 N–H and O–H groups in total. The van der Waals surface area contributed by atoms with Gasteiger partial charge in [-0.15, -0.1) is 0 Å². The maximum absolute atomic E-state index is 13.2. The Morgan fingerprint density at radius 1 is 1.61 bits per heavy atom. The number of hydrogen-bond acceptors (Lipinski definition) is 3. The Morgan fingerprint density at radius 3 is 3.06 bits per heavy atom. The van der Waals surface area contributed by atoms with Gasteiger partial charge in [0.25, 0.3) is 0 Å². The Morgan fingerprint density at radius 2 is 2.39 bits per heavy atom. The largest absolute Gasteiger partial charge is 0.377 e. The van der Waals surface area contributed by atoms with E-state index in [1.165, 1.54) is 18.3 Å². The van der Waals surface area contributed by atoms with Crippen LogP contribution in [0.3, 0.4) is 0 Å². The van der Waals surface area contributed by atoms with E-state index in [2.05, 4.69) is 22.7 Å². The molecule has 0 heterocycles. The Balaban J connectivity index is 2.75. The van der Waals surface area contributed by atoms with Crippen molar-refractivity contribution in [3.05, 3.63) is 35.1 Å². The van der Waals surface area contributed by atoms with Crippen LogP contribution in [0.1, 0.15) is 24.5 Å². The molecule has 1 aromatic rings. The van der Waals surface area contributed by atoms with E-state index in [0.29, 0.717) is 13.2 Å². The molecule has 18 heavy (non-hydrogen) atoms. The summed E-state index contributed by atoms with van der Waals surface area (Å²) < 4.78 is 18.5. The van der Waals surface area contributed by atoms with Crippen molar-refractivity contribution in [3.8, 4) is 0 Å². The number of rotatable bonds is 6.